The summed E-state index contributed by atoms with van der Waals surface area (Å²) in [6.45, 7) is 4.16. The van der Waals surface area contributed by atoms with E-state index in [2.05, 4.69) is 39.8 Å². The maximum atomic E-state index is 12.3. The van der Waals surface area contributed by atoms with Gasteiger partial charge in [0.1, 0.15) is 0 Å². The molecule has 0 atom stereocenters. The zero-order chi connectivity index (χ0) is 17.1. The van der Waals surface area contributed by atoms with E-state index in [-0.39, 0.29) is 5.91 Å². The van der Waals surface area contributed by atoms with Crippen molar-refractivity contribution >= 4 is 45.5 Å². The van der Waals surface area contributed by atoms with Crippen LogP contribution < -0.4 is 5.32 Å². The van der Waals surface area contributed by atoms with Crippen LogP contribution in [0.25, 0.3) is 11.3 Å². The first-order valence-electron chi connectivity index (χ1n) is 7.70. The van der Waals surface area contributed by atoms with Crippen LogP contribution in [0.4, 0.5) is 5.69 Å². The Bertz CT molecular complexity index is 854. The third-order valence-electron chi connectivity index (χ3n) is 3.65. The zero-order valence-corrected chi connectivity index (χ0v) is 16.4. The molecule has 3 aromatic rings. The van der Waals surface area contributed by atoms with E-state index in [9.17, 15) is 4.79 Å². The van der Waals surface area contributed by atoms with Crippen molar-refractivity contribution in [3.8, 4) is 11.3 Å². The molecule has 122 valence electrons. The SMILES string of the molecule is CCc1sc(C)nc1-c1ccc(C(=O)Nc2ccc(I)cc2)cc1. The second-order valence-electron chi connectivity index (χ2n) is 5.40. The van der Waals surface area contributed by atoms with Gasteiger partial charge in [0, 0.05) is 25.3 Å². The molecule has 2 aromatic carbocycles. The molecule has 0 radical (unpaired) electrons. The summed E-state index contributed by atoms with van der Waals surface area (Å²) in [4.78, 5) is 18.2. The summed E-state index contributed by atoms with van der Waals surface area (Å²) < 4.78 is 1.14. The van der Waals surface area contributed by atoms with Gasteiger partial charge in [-0.1, -0.05) is 19.1 Å². The first kappa shape index (κ1) is 17.1. The Hall–Kier alpha value is -1.73. The van der Waals surface area contributed by atoms with Crippen LogP contribution in [0.5, 0.6) is 0 Å². The molecule has 1 N–H and O–H groups in total. The molecule has 24 heavy (non-hydrogen) atoms. The first-order chi connectivity index (χ1) is 11.6. The van der Waals surface area contributed by atoms with Crippen molar-refractivity contribution in [2.24, 2.45) is 0 Å². The number of rotatable bonds is 4. The predicted molar refractivity (Wildman–Crippen MR) is 109 cm³/mol. The lowest BCUT2D eigenvalue weighted by Crippen LogP contribution is -2.11. The van der Waals surface area contributed by atoms with E-state index in [1.54, 1.807) is 11.3 Å². The molecule has 0 unspecified atom stereocenters. The Labute approximate surface area is 159 Å². The Morgan fingerprint density at radius 3 is 2.42 bits per heavy atom. The molecule has 3 rings (SSSR count). The quantitative estimate of drug-likeness (QED) is 0.533. The van der Waals surface area contributed by atoms with Gasteiger partial charge in [-0.05, 0) is 72.3 Å². The van der Waals surface area contributed by atoms with Gasteiger partial charge < -0.3 is 5.32 Å². The van der Waals surface area contributed by atoms with E-state index in [4.69, 9.17) is 0 Å². The van der Waals surface area contributed by atoms with Crippen LogP contribution in [-0.4, -0.2) is 10.9 Å². The molecule has 1 heterocycles. The maximum absolute atomic E-state index is 12.3. The number of nitrogens with zero attached hydrogens (tertiary/aromatic N) is 1. The maximum Gasteiger partial charge on any atom is 0.255 e. The van der Waals surface area contributed by atoms with Crippen LogP contribution in [-0.2, 0) is 6.42 Å². The first-order valence-corrected chi connectivity index (χ1v) is 9.60. The van der Waals surface area contributed by atoms with E-state index in [0.29, 0.717) is 5.56 Å². The highest BCUT2D eigenvalue weighted by molar-refractivity contribution is 14.1. The molecule has 0 aliphatic carbocycles. The normalized spacial score (nSPS) is 10.6. The summed E-state index contributed by atoms with van der Waals surface area (Å²) in [5.41, 5.74) is 3.53. The minimum Gasteiger partial charge on any atom is -0.322 e. The fourth-order valence-electron chi connectivity index (χ4n) is 2.45. The Balaban J connectivity index is 1.78. The van der Waals surface area contributed by atoms with Crippen LogP contribution in [0.15, 0.2) is 48.5 Å². The van der Waals surface area contributed by atoms with Gasteiger partial charge in [-0.25, -0.2) is 4.98 Å². The fraction of sp³-hybridized carbons (Fsp3) is 0.158. The lowest BCUT2D eigenvalue weighted by Gasteiger charge is -2.06. The molecule has 0 saturated carbocycles. The topological polar surface area (TPSA) is 42.0 Å². The molecule has 0 fully saturated rings. The standard InChI is InChI=1S/C19H17IN2OS/c1-3-17-18(21-12(2)24-17)13-4-6-14(7-5-13)19(23)22-16-10-8-15(20)9-11-16/h4-11H,3H2,1-2H3,(H,22,23). The Kier molecular flexibility index (Phi) is 5.30. The lowest BCUT2D eigenvalue weighted by atomic mass is 10.1. The lowest BCUT2D eigenvalue weighted by molar-refractivity contribution is 0.102. The fourth-order valence-corrected chi connectivity index (χ4v) is 3.71. The molecule has 0 spiro atoms. The number of anilines is 1. The number of aryl methyl sites for hydroxylation is 2. The molecular formula is C19H17IN2OS. The van der Waals surface area contributed by atoms with Crippen LogP contribution in [0.1, 0.15) is 27.2 Å². The van der Waals surface area contributed by atoms with Gasteiger partial charge in [-0.3, -0.25) is 4.79 Å². The molecule has 5 heteroatoms. The van der Waals surface area contributed by atoms with E-state index >= 15 is 0 Å². The summed E-state index contributed by atoms with van der Waals surface area (Å²) in [7, 11) is 0. The summed E-state index contributed by atoms with van der Waals surface area (Å²) in [5, 5.41) is 3.99. The van der Waals surface area contributed by atoms with Crippen molar-refractivity contribution in [3.63, 3.8) is 0 Å². The average Bonchev–Trinajstić information content (AvgIpc) is 2.98. The highest BCUT2D eigenvalue weighted by Gasteiger charge is 2.11. The van der Waals surface area contributed by atoms with Gasteiger partial charge in [-0.15, -0.1) is 11.3 Å². The smallest absolute Gasteiger partial charge is 0.255 e. The third-order valence-corrected chi connectivity index (χ3v) is 5.48. The van der Waals surface area contributed by atoms with E-state index in [0.717, 1.165) is 31.9 Å². The van der Waals surface area contributed by atoms with Crippen molar-refractivity contribution in [2.75, 3.05) is 5.32 Å². The summed E-state index contributed by atoms with van der Waals surface area (Å²) in [5.74, 6) is -0.104. The van der Waals surface area contributed by atoms with Crippen LogP contribution in [0.3, 0.4) is 0 Å². The van der Waals surface area contributed by atoms with Gasteiger partial charge >= 0.3 is 0 Å². The van der Waals surface area contributed by atoms with Gasteiger partial charge in [0.15, 0.2) is 0 Å². The molecule has 0 aliphatic heterocycles. The van der Waals surface area contributed by atoms with E-state index in [1.165, 1.54) is 4.88 Å². The number of carbonyl (C=O) groups excluding carboxylic acids is 1. The summed E-state index contributed by atoms with van der Waals surface area (Å²) in [6, 6.07) is 15.4. The molecule has 1 aromatic heterocycles. The Morgan fingerprint density at radius 1 is 1.12 bits per heavy atom. The van der Waals surface area contributed by atoms with E-state index in [1.807, 2.05) is 55.5 Å². The van der Waals surface area contributed by atoms with Crippen LogP contribution in [0.2, 0.25) is 0 Å². The van der Waals surface area contributed by atoms with Crippen molar-refractivity contribution in [1.29, 1.82) is 0 Å². The summed E-state index contributed by atoms with van der Waals surface area (Å²) in [6.07, 6.45) is 0.968. The molecule has 0 bridgehead atoms. The molecule has 0 aliphatic rings. The zero-order valence-electron chi connectivity index (χ0n) is 13.5. The van der Waals surface area contributed by atoms with Crippen LogP contribution in [0, 0.1) is 10.5 Å². The molecule has 0 saturated heterocycles. The van der Waals surface area contributed by atoms with Crippen LogP contribution >= 0.6 is 33.9 Å². The second kappa shape index (κ2) is 7.44. The number of hydrogen-bond donors (Lipinski definition) is 1. The van der Waals surface area contributed by atoms with Crippen molar-refractivity contribution in [1.82, 2.24) is 4.98 Å². The van der Waals surface area contributed by atoms with Crippen molar-refractivity contribution in [3.05, 3.63) is 67.5 Å². The number of thiazole rings is 1. The van der Waals surface area contributed by atoms with Gasteiger partial charge in [0.25, 0.3) is 5.91 Å². The number of nitrogens with one attached hydrogen (secondary N) is 1. The largest absolute Gasteiger partial charge is 0.322 e. The average molecular weight is 448 g/mol. The number of benzene rings is 2. The van der Waals surface area contributed by atoms with Gasteiger partial charge in [0.05, 0.1) is 10.7 Å². The highest BCUT2D eigenvalue weighted by Crippen LogP contribution is 2.28. The minimum atomic E-state index is -0.104. The predicted octanol–water partition coefficient (Wildman–Crippen LogP) is 5.54. The molecule has 1 amide bonds. The van der Waals surface area contributed by atoms with E-state index < -0.39 is 0 Å². The van der Waals surface area contributed by atoms with Crippen molar-refractivity contribution < 1.29 is 4.79 Å². The number of aromatic nitrogens is 1. The number of hydrogen-bond acceptors (Lipinski definition) is 3. The number of carbonyl (C=O) groups is 1. The minimum absolute atomic E-state index is 0.104. The highest BCUT2D eigenvalue weighted by atomic mass is 127. The van der Waals surface area contributed by atoms with Gasteiger partial charge in [-0.2, -0.15) is 0 Å². The number of halogens is 1. The summed E-state index contributed by atoms with van der Waals surface area (Å²) >= 11 is 3.97. The van der Waals surface area contributed by atoms with Gasteiger partial charge in [0.2, 0.25) is 0 Å². The molecular weight excluding hydrogens is 431 g/mol. The third kappa shape index (κ3) is 3.84. The monoisotopic (exact) mass is 448 g/mol. The second-order valence-corrected chi connectivity index (χ2v) is 7.93. The number of amides is 1. The Morgan fingerprint density at radius 2 is 1.79 bits per heavy atom. The molecule has 3 nitrogen and oxygen atoms in total. The van der Waals surface area contributed by atoms with Crippen molar-refractivity contribution in [2.45, 2.75) is 20.3 Å².